The molecule has 0 saturated carbocycles. The molecule has 180 valence electrons. The number of nitriles is 1. The van der Waals surface area contributed by atoms with Gasteiger partial charge in [0.1, 0.15) is 18.1 Å². The average Bonchev–Trinajstić information content (AvgIpc) is 2.89. The molecule has 0 aliphatic carbocycles. The van der Waals surface area contributed by atoms with Gasteiger partial charge in [0.05, 0.1) is 11.6 Å². The molecule has 0 radical (unpaired) electrons. The minimum absolute atomic E-state index is 0.0391. The van der Waals surface area contributed by atoms with E-state index in [1.165, 1.54) is 0 Å². The monoisotopic (exact) mass is 469 g/mol. The topological polar surface area (TPSA) is 107 Å². The Bertz CT molecular complexity index is 1120. The van der Waals surface area contributed by atoms with Gasteiger partial charge in [-0.1, -0.05) is 55.5 Å². The maximum Gasteiger partial charge on any atom is 0.247 e. The quantitative estimate of drug-likeness (QED) is 0.347. The lowest BCUT2D eigenvalue weighted by molar-refractivity contribution is -0.118. The Morgan fingerprint density at radius 2 is 1.71 bits per heavy atom. The zero-order chi connectivity index (χ0) is 25.0. The van der Waals surface area contributed by atoms with Crippen molar-refractivity contribution in [3.05, 3.63) is 95.2 Å². The van der Waals surface area contributed by atoms with Crippen molar-refractivity contribution in [2.24, 2.45) is 0 Å². The maximum atomic E-state index is 13.3. The van der Waals surface area contributed by atoms with E-state index in [0.29, 0.717) is 30.9 Å². The van der Waals surface area contributed by atoms with Gasteiger partial charge in [-0.15, -0.1) is 0 Å². The molecule has 0 aliphatic heterocycles. The van der Waals surface area contributed by atoms with E-state index in [9.17, 15) is 9.59 Å². The molecule has 7 heteroatoms. The van der Waals surface area contributed by atoms with E-state index < -0.39 is 6.04 Å². The summed E-state index contributed by atoms with van der Waals surface area (Å²) in [6.07, 6.45) is 3.03. The first-order chi connectivity index (χ1) is 17.0. The second-order valence-electron chi connectivity index (χ2n) is 8.51. The second kappa shape index (κ2) is 13.1. The lowest BCUT2D eigenvalue weighted by Crippen LogP contribution is -2.35. The Labute approximate surface area is 206 Å². The Balaban J connectivity index is 1.70. The van der Waals surface area contributed by atoms with Crippen LogP contribution in [0.1, 0.15) is 53.5 Å². The van der Waals surface area contributed by atoms with Crippen LogP contribution in [0.2, 0.25) is 0 Å². The van der Waals surface area contributed by atoms with E-state index in [1.807, 2.05) is 55.6 Å². The van der Waals surface area contributed by atoms with Gasteiger partial charge in [0, 0.05) is 31.6 Å². The Morgan fingerprint density at radius 3 is 2.31 bits per heavy atom. The lowest BCUT2D eigenvalue weighted by atomic mass is 9.98. The number of nitrogens with zero attached hydrogens (tertiary/aromatic N) is 2. The molecule has 0 bridgehead atoms. The van der Waals surface area contributed by atoms with Crippen LogP contribution in [0.25, 0.3) is 0 Å². The molecule has 1 amide bonds. The van der Waals surface area contributed by atoms with Gasteiger partial charge in [-0.25, -0.2) is 4.98 Å². The molecule has 0 fully saturated rings. The van der Waals surface area contributed by atoms with Crippen molar-refractivity contribution in [2.45, 2.75) is 31.2 Å². The molecule has 0 saturated heterocycles. The first-order valence-electron chi connectivity index (χ1n) is 11.7. The van der Waals surface area contributed by atoms with E-state index in [2.05, 4.69) is 33.9 Å². The van der Waals surface area contributed by atoms with Crippen molar-refractivity contribution in [1.82, 2.24) is 15.6 Å². The molecule has 7 nitrogen and oxygen atoms in total. The SMILES string of the molecule is CNCC(CC=O)c1ccc(NC(=O)C(NCC(C)c2ccc(C#N)cc2)c2ccccc2)nc1. The highest BCUT2D eigenvalue weighted by molar-refractivity contribution is 5.94. The first-order valence-corrected chi connectivity index (χ1v) is 11.7. The largest absolute Gasteiger partial charge is 0.319 e. The summed E-state index contributed by atoms with van der Waals surface area (Å²) in [5.41, 5.74) is 3.51. The molecule has 3 rings (SSSR count). The molecule has 3 unspecified atom stereocenters. The standard InChI is InChI=1S/C28H31N5O2/c1-20(22-10-8-21(16-29)9-11-22)17-32-27(23-6-4-3-5-7-23)28(35)33-26-13-12-24(19-31-26)25(14-15-34)18-30-2/h3-13,15,19-20,25,27,30,32H,14,17-18H2,1-2H3,(H,31,33,35). The van der Waals surface area contributed by atoms with Crippen LogP contribution < -0.4 is 16.0 Å². The number of carbonyl (C=O) groups is 2. The van der Waals surface area contributed by atoms with Gasteiger partial charge in [0.15, 0.2) is 0 Å². The number of rotatable bonds is 12. The van der Waals surface area contributed by atoms with Crippen LogP contribution in [0.3, 0.4) is 0 Å². The molecule has 1 aromatic heterocycles. The van der Waals surface area contributed by atoms with E-state index in [0.717, 1.165) is 23.0 Å². The average molecular weight is 470 g/mol. The number of aromatic nitrogens is 1. The fourth-order valence-corrected chi connectivity index (χ4v) is 3.93. The predicted octanol–water partition coefficient (Wildman–Crippen LogP) is 3.92. The number of hydrogen-bond donors (Lipinski definition) is 3. The van der Waals surface area contributed by atoms with Gasteiger partial charge < -0.3 is 20.7 Å². The van der Waals surface area contributed by atoms with Crippen LogP contribution in [-0.4, -0.2) is 37.3 Å². The maximum absolute atomic E-state index is 13.3. The molecule has 0 aliphatic rings. The predicted molar refractivity (Wildman–Crippen MR) is 137 cm³/mol. The minimum atomic E-state index is -0.564. The number of likely N-dealkylation sites (N-methyl/N-ethyl adjacent to an activating group) is 1. The number of hydrogen-bond acceptors (Lipinski definition) is 6. The number of amides is 1. The van der Waals surface area contributed by atoms with E-state index in [-0.39, 0.29) is 17.7 Å². The molecule has 3 aromatic rings. The van der Waals surface area contributed by atoms with Crippen LogP contribution in [0, 0.1) is 11.3 Å². The Morgan fingerprint density at radius 1 is 1.00 bits per heavy atom. The van der Waals surface area contributed by atoms with Gasteiger partial charge in [0.25, 0.3) is 0 Å². The van der Waals surface area contributed by atoms with Gasteiger partial charge in [0.2, 0.25) is 5.91 Å². The Hall–Kier alpha value is -3.86. The molecular formula is C28H31N5O2. The highest BCUT2D eigenvalue weighted by atomic mass is 16.2. The van der Waals surface area contributed by atoms with Gasteiger partial charge in [-0.05, 0) is 47.9 Å². The number of aldehydes is 1. The highest BCUT2D eigenvalue weighted by Gasteiger charge is 2.22. The molecular weight excluding hydrogens is 438 g/mol. The molecule has 0 spiro atoms. The zero-order valence-corrected chi connectivity index (χ0v) is 20.1. The van der Waals surface area contributed by atoms with Crippen LogP contribution in [0.5, 0.6) is 0 Å². The number of nitrogens with one attached hydrogen (secondary N) is 3. The van der Waals surface area contributed by atoms with Crippen molar-refractivity contribution in [3.63, 3.8) is 0 Å². The summed E-state index contributed by atoms with van der Waals surface area (Å²) < 4.78 is 0. The highest BCUT2D eigenvalue weighted by Crippen LogP contribution is 2.21. The van der Waals surface area contributed by atoms with Crippen LogP contribution in [-0.2, 0) is 9.59 Å². The lowest BCUT2D eigenvalue weighted by Gasteiger charge is -2.21. The third-order valence-electron chi connectivity index (χ3n) is 5.97. The van der Waals surface area contributed by atoms with Crippen molar-refractivity contribution < 1.29 is 9.59 Å². The van der Waals surface area contributed by atoms with E-state index in [4.69, 9.17) is 5.26 Å². The fourth-order valence-electron chi connectivity index (χ4n) is 3.93. The van der Waals surface area contributed by atoms with Gasteiger partial charge >= 0.3 is 0 Å². The molecule has 2 aromatic carbocycles. The van der Waals surface area contributed by atoms with Crippen LogP contribution in [0.15, 0.2) is 72.9 Å². The summed E-state index contributed by atoms with van der Waals surface area (Å²) in [5.74, 6) is 0.428. The van der Waals surface area contributed by atoms with Gasteiger partial charge in [-0.3, -0.25) is 4.79 Å². The summed E-state index contributed by atoms with van der Waals surface area (Å²) in [4.78, 5) is 28.7. The van der Waals surface area contributed by atoms with Crippen molar-refractivity contribution in [3.8, 4) is 6.07 Å². The Kier molecular flexibility index (Phi) is 9.67. The smallest absolute Gasteiger partial charge is 0.247 e. The molecule has 35 heavy (non-hydrogen) atoms. The van der Waals surface area contributed by atoms with Crippen molar-refractivity contribution in [2.75, 3.05) is 25.5 Å². The fraction of sp³-hybridized carbons (Fsp3) is 0.286. The minimum Gasteiger partial charge on any atom is -0.319 e. The summed E-state index contributed by atoms with van der Waals surface area (Å²) in [7, 11) is 1.85. The third kappa shape index (κ3) is 7.31. The van der Waals surface area contributed by atoms with Gasteiger partial charge in [-0.2, -0.15) is 5.26 Å². The normalized spacial score (nSPS) is 13.3. The molecule has 1 heterocycles. The van der Waals surface area contributed by atoms with Crippen LogP contribution in [0.4, 0.5) is 5.82 Å². The number of carbonyl (C=O) groups excluding carboxylic acids is 2. The first kappa shape index (κ1) is 25.8. The number of benzene rings is 2. The molecule has 3 atom stereocenters. The number of pyridine rings is 1. The second-order valence-corrected chi connectivity index (χ2v) is 8.51. The summed E-state index contributed by atoms with van der Waals surface area (Å²) in [5, 5.41) is 18.4. The van der Waals surface area contributed by atoms with E-state index >= 15 is 0 Å². The molecule has 3 N–H and O–H groups in total. The van der Waals surface area contributed by atoms with E-state index in [1.54, 1.807) is 24.4 Å². The summed E-state index contributed by atoms with van der Waals surface area (Å²) in [6.45, 7) is 3.32. The van der Waals surface area contributed by atoms with Crippen LogP contribution >= 0.6 is 0 Å². The number of anilines is 1. The van der Waals surface area contributed by atoms with Crippen molar-refractivity contribution >= 4 is 18.0 Å². The zero-order valence-electron chi connectivity index (χ0n) is 20.1. The summed E-state index contributed by atoms with van der Waals surface area (Å²) in [6, 6.07) is 22.3. The third-order valence-corrected chi connectivity index (χ3v) is 5.97. The van der Waals surface area contributed by atoms with Crippen molar-refractivity contribution in [1.29, 1.82) is 5.26 Å². The summed E-state index contributed by atoms with van der Waals surface area (Å²) >= 11 is 0.